The largest absolute Gasteiger partial charge is 0.496 e. The van der Waals surface area contributed by atoms with Gasteiger partial charge in [-0.15, -0.1) is 0 Å². The zero-order valence-corrected chi connectivity index (χ0v) is 12.8. The van der Waals surface area contributed by atoms with Crippen molar-refractivity contribution in [3.05, 3.63) is 29.8 Å². The van der Waals surface area contributed by atoms with Gasteiger partial charge in [-0.1, -0.05) is 18.2 Å². The Morgan fingerprint density at radius 2 is 2.00 bits per heavy atom. The van der Waals surface area contributed by atoms with Gasteiger partial charge in [0.1, 0.15) is 5.75 Å². The lowest BCUT2D eigenvalue weighted by Gasteiger charge is -2.28. The van der Waals surface area contributed by atoms with Crippen LogP contribution in [0.3, 0.4) is 0 Å². The lowest BCUT2D eigenvalue weighted by atomic mass is 10.1. The Morgan fingerprint density at radius 3 is 2.55 bits per heavy atom. The second kappa shape index (κ2) is 7.29. The minimum atomic E-state index is -0.865. The van der Waals surface area contributed by atoms with Crippen LogP contribution in [0, 0.1) is 0 Å². The van der Waals surface area contributed by atoms with Crippen molar-refractivity contribution in [1.82, 2.24) is 4.90 Å². The Kier molecular flexibility index (Phi) is 6.02. The lowest BCUT2D eigenvalue weighted by molar-refractivity contribution is -0.133. The Labute approximate surface area is 121 Å². The van der Waals surface area contributed by atoms with Gasteiger partial charge >= 0.3 is 0 Å². The monoisotopic (exact) mass is 279 g/mol. The average molecular weight is 279 g/mol. The Hall–Kier alpha value is -1.55. The molecule has 1 rings (SSSR count). The summed E-state index contributed by atoms with van der Waals surface area (Å²) < 4.78 is 5.28. The van der Waals surface area contributed by atoms with Gasteiger partial charge in [0.25, 0.3) is 0 Å². The van der Waals surface area contributed by atoms with E-state index in [1.807, 2.05) is 31.2 Å². The number of methoxy groups -OCH3 is 1. The standard InChI is InChI=1S/C16H25NO3/c1-5-17(12-16(2,3)19)15(18)11-10-13-8-6-7-9-14(13)20-4/h6-9,19H,5,10-12H2,1-4H3. The minimum Gasteiger partial charge on any atom is -0.496 e. The molecule has 20 heavy (non-hydrogen) atoms. The van der Waals surface area contributed by atoms with Crippen molar-refractivity contribution in [3.63, 3.8) is 0 Å². The van der Waals surface area contributed by atoms with E-state index in [1.165, 1.54) is 0 Å². The molecule has 0 saturated carbocycles. The molecule has 0 saturated heterocycles. The van der Waals surface area contributed by atoms with Gasteiger partial charge in [0.15, 0.2) is 0 Å². The van der Waals surface area contributed by atoms with Crippen LogP contribution >= 0.6 is 0 Å². The molecule has 0 radical (unpaired) electrons. The quantitative estimate of drug-likeness (QED) is 0.833. The fourth-order valence-electron chi connectivity index (χ4n) is 2.15. The number of carbonyl (C=O) groups excluding carboxylic acids is 1. The van der Waals surface area contributed by atoms with E-state index >= 15 is 0 Å². The third kappa shape index (κ3) is 5.21. The molecule has 0 unspecified atom stereocenters. The molecule has 0 aliphatic heterocycles. The molecule has 4 heteroatoms. The predicted octanol–water partition coefficient (Wildman–Crippen LogP) is 2.25. The number of carbonyl (C=O) groups is 1. The highest BCUT2D eigenvalue weighted by Crippen LogP contribution is 2.19. The molecule has 1 amide bonds. The Balaban J connectivity index is 2.61. The topological polar surface area (TPSA) is 49.8 Å². The molecule has 1 aromatic rings. The minimum absolute atomic E-state index is 0.0560. The number of aliphatic hydroxyl groups is 1. The van der Waals surface area contributed by atoms with Gasteiger partial charge in [0, 0.05) is 19.5 Å². The first-order valence-corrected chi connectivity index (χ1v) is 6.99. The summed E-state index contributed by atoms with van der Waals surface area (Å²) in [6.07, 6.45) is 1.06. The molecule has 0 fully saturated rings. The van der Waals surface area contributed by atoms with Gasteiger partial charge < -0.3 is 14.7 Å². The second-order valence-electron chi connectivity index (χ2n) is 5.53. The van der Waals surface area contributed by atoms with Crippen LogP contribution in [0.25, 0.3) is 0 Å². The third-order valence-electron chi connectivity index (χ3n) is 3.11. The maximum absolute atomic E-state index is 12.2. The molecule has 1 N–H and O–H groups in total. The molecular formula is C16H25NO3. The molecule has 0 aliphatic rings. The van der Waals surface area contributed by atoms with Crippen molar-refractivity contribution in [3.8, 4) is 5.75 Å². The molecule has 0 spiro atoms. The predicted molar refractivity (Wildman–Crippen MR) is 79.9 cm³/mol. The Bertz CT molecular complexity index is 438. The van der Waals surface area contributed by atoms with Crippen molar-refractivity contribution in [1.29, 1.82) is 0 Å². The maximum atomic E-state index is 12.2. The van der Waals surface area contributed by atoms with Crippen LogP contribution in [0.2, 0.25) is 0 Å². The van der Waals surface area contributed by atoms with Crippen molar-refractivity contribution < 1.29 is 14.6 Å². The first kappa shape index (κ1) is 16.5. The van der Waals surface area contributed by atoms with Crippen molar-refractivity contribution >= 4 is 5.91 Å². The number of hydrogen-bond donors (Lipinski definition) is 1. The summed E-state index contributed by atoms with van der Waals surface area (Å²) in [6, 6.07) is 7.72. The summed E-state index contributed by atoms with van der Waals surface area (Å²) >= 11 is 0. The van der Waals surface area contributed by atoms with Gasteiger partial charge in [-0.05, 0) is 38.8 Å². The first-order valence-electron chi connectivity index (χ1n) is 6.99. The van der Waals surface area contributed by atoms with E-state index in [0.717, 1.165) is 11.3 Å². The van der Waals surface area contributed by atoms with Gasteiger partial charge in [0.05, 0.1) is 12.7 Å². The van der Waals surface area contributed by atoms with Gasteiger partial charge in [0.2, 0.25) is 5.91 Å². The summed E-state index contributed by atoms with van der Waals surface area (Å²) in [7, 11) is 1.63. The van der Waals surface area contributed by atoms with Crippen LogP contribution in [0.4, 0.5) is 0 Å². The number of aryl methyl sites for hydroxylation is 1. The summed E-state index contributed by atoms with van der Waals surface area (Å²) in [4.78, 5) is 13.9. The highest BCUT2D eigenvalue weighted by Gasteiger charge is 2.21. The summed E-state index contributed by atoms with van der Waals surface area (Å²) in [6.45, 7) is 6.31. The number of para-hydroxylation sites is 1. The molecule has 1 aromatic carbocycles. The number of ether oxygens (including phenoxy) is 1. The number of likely N-dealkylation sites (N-methyl/N-ethyl adjacent to an activating group) is 1. The van der Waals surface area contributed by atoms with Crippen molar-refractivity contribution in [2.24, 2.45) is 0 Å². The van der Waals surface area contributed by atoms with Gasteiger partial charge in [-0.3, -0.25) is 4.79 Å². The zero-order chi connectivity index (χ0) is 15.2. The zero-order valence-electron chi connectivity index (χ0n) is 12.8. The highest BCUT2D eigenvalue weighted by molar-refractivity contribution is 5.76. The Morgan fingerprint density at radius 1 is 1.35 bits per heavy atom. The van der Waals surface area contributed by atoms with E-state index in [2.05, 4.69) is 0 Å². The van der Waals surface area contributed by atoms with Crippen LogP contribution in [0.1, 0.15) is 32.8 Å². The van der Waals surface area contributed by atoms with E-state index in [4.69, 9.17) is 4.74 Å². The summed E-state index contributed by atoms with van der Waals surface area (Å²) in [5.41, 5.74) is 0.165. The molecule has 0 aromatic heterocycles. The molecular weight excluding hydrogens is 254 g/mol. The second-order valence-corrected chi connectivity index (χ2v) is 5.53. The van der Waals surface area contributed by atoms with Crippen LogP contribution in [0.15, 0.2) is 24.3 Å². The molecule has 112 valence electrons. The van der Waals surface area contributed by atoms with E-state index < -0.39 is 5.60 Å². The highest BCUT2D eigenvalue weighted by atomic mass is 16.5. The number of hydrogen-bond acceptors (Lipinski definition) is 3. The number of rotatable bonds is 7. The number of amides is 1. The van der Waals surface area contributed by atoms with E-state index in [-0.39, 0.29) is 5.91 Å². The van der Waals surface area contributed by atoms with E-state index in [1.54, 1.807) is 25.9 Å². The van der Waals surface area contributed by atoms with E-state index in [0.29, 0.717) is 25.9 Å². The summed E-state index contributed by atoms with van der Waals surface area (Å²) in [5, 5.41) is 9.82. The molecule has 0 atom stereocenters. The maximum Gasteiger partial charge on any atom is 0.222 e. The van der Waals surface area contributed by atoms with Gasteiger partial charge in [-0.2, -0.15) is 0 Å². The lowest BCUT2D eigenvalue weighted by Crippen LogP contribution is -2.42. The van der Waals surface area contributed by atoms with Crippen molar-refractivity contribution in [2.75, 3.05) is 20.2 Å². The third-order valence-corrected chi connectivity index (χ3v) is 3.11. The molecule has 4 nitrogen and oxygen atoms in total. The first-order chi connectivity index (χ1) is 9.37. The van der Waals surface area contributed by atoms with Crippen LogP contribution in [-0.4, -0.2) is 41.7 Å². The van der Waals surface area contributed by atoms with E-state index in [9.17, 15) is 9.90 Å². The van der Waals surface area contributed by atoms with Crippen molar-refractivity contribution in [2.45, 2.75) is 39.2 Å². The van der Waals surface area contributed by atoms with Crippen LogP contribution < -0.4 is 4.74 Å². The fraction of sp³-hybridized carbons (Fsp3) is 0.562. The van der Waals surface area contributed by atoms with Gasteiger partial charge in [-0.25, -0.2) is 0 Å². The molecule has 0 bridgehead atoms. The van der Waals surface area contributed by atoms with Crippen LogP contribution in [-0.2, 0) is 11.2 Å². The molecule has 0 aliphatic carbocycles. The summed E-state index contributed by atoms with van der Waals surface area (Å²) in [5.74, 6) is 0.867. The average Bonchev–Trinajstić information content (AvgIpc) is 2.41. The number of benzene rings is 1. The van der Waals surface area contributed by atoms with Crippen LogP contribution in [0.5, 0.6) is 5.75 Å². The number of nitrogens with zero attached hydrogens (tertiary/aromatic N) is 1. The molecule has 0 heterocycles. The smallest absolute Gasteiger partial charge is 0.222 e. The fourth-order valence-corrected chi connectivity index (χ4v) is 2.15. The SMILES string of the molecule is CCN(CC(C)(C)O)C(=O)CCc1ccccc1OC. The normalized spacial score (nSPS) is 11.2.